The van der Waals surface area contributed by atoms with Crippen LogP contribution in [0.25, 0.3) is 31.6 Å². The minimum Gasteiger partial charge on any atom is -0.398 e. The molecule has 0 aliphatic heterocycles. The molecule has 2 heterocycles. The minimum absolute atomic E-state index is 0.717. The Morgan fingerprint density at radius 2 is 1.15 bits per heavy atom. The van der Waals surface area contributed by atoms with Gasteiger partial charge in [0.2, 0.25) is 0 Å². The Labute approximate surface area is 122 Å². The highest BCUT2D eigenvalue weighted by Gasteiger charge is 2.17. The van der Waals surface area contributed by atoms with Gasteiger partial charge >= 0.3 is 0 Å². The lowest BCUT2D eigenvalue weighted by molar-refractivity contribution is 1.49. The molecule has 0 aliphatic carbocycles. The molecule has 0 saturated carbocycles. The van der Waals surface area contributed by atoms with E-state index in [0.29, 0.717) is 11.4 Å². The predicted octanol–water partition coefficient (Wildman–Crippen LogP) is 3.74. The van der Waals surface area contributed by atoms with Gasteiger partial charge in [-0.3, -0.25) is 0 Å². The van der Waals surface area contributed by atoms with Crippen molar-refractivity contribution in [1.29, 1.82) is 0 Å². The first-order valence-electron chi connectivity index (χ1n) is 5.99. The molecule has 2 aromatic heterocycles. The summed E-state index contributed by atoms with van der Waals surface area (Å²) in [6.07, 6.45) is 0. The molecule has 0 bridgehead atoms. The van der Waals surface area contributed by atoms with Gasteiger partial charge in [0.25, 0.3) is 0 Å². The Balaban J connectivity index is 2.21. The van der Waals surface area contributed by atoms with Gasteiger partial charge in [0.15, 0.2) is 0 Å². The Bertz CT molecular complexity index is 861. The Morgan fingerprint density at radius 1 is 0.700 bits per heavy atom. The van der Waals surface area contributed by atoms with Crippen LogP contribution in [0.15, 0.2) is 35.3 Å². The van der Waals surface area contributed by atoms with Gasteiger partial charge in [-0.05, 0) is 24.3 Å². The topological polar surface area (TPSA) is 77.8 Å². The fourth-order valence-electron chi connectivity index (χ4n) is 2.40. The number of nitrogens with two attached hydrogens (primary N) is 2. The van der Waals surface area contributed by atoms with Crippen LogP contribution in [0.1, 0.15) is 0 Å². The van der Waals surface area contributed by atoms with Gasteiger partial charge in [0.1, 0.15) is 0 Å². The number of fused-ring (bicyclic) bond motifs is 2. The van der Waals surface area contributed by atoms with Crippen LogP contribution < -0.4 is 11.5 Å². The second kappa shape index (κ2) is 4.16. The average molecular weight is 298 g/mol. The summed E-state index contributed by atoms with van der Waals surface area (Å²) in [6.45, 7) is 0. The molecular weight excluding hydrogens is 288 g/mol. The quantitative estimate of drug-likeness (QED) is 0.525. The standard InChI is InChI=1S/C14H10N4S2/c15-7-1-3-9-13(19-5-17-9)11(7)12-8(16)2-4-10-14(12)20-6-18-10/h1-6H,15-16H2. The third kappa shape index (κ3) is 1.52. The largest absolute Gasteiger partial charge is 0.398 e. The SMILES string of the molecule is Nc1ccc2ncsc2c1-c1c(N)ccc2ncsc12. The molecule has 2 aromatic carbocycles. The van der Waals surface area contributed by atoms with Crippen molar-refractivity contribution in [3.05, 3.63) is 35.3 Å². The Hall–Kier alpha value is -2.18. The van der Waals surface area contributed by atoms with E-state index >= 15 is 0 Å². The number of benzene rings is 2. The van der Waals surface area contributed by atoms with Crippen molar-refractivity contribution in [1.82, 2.24) is 9.97 Å². The summed E-state index contributed by atoms with van der Waals surface area (Å²) >= 11 is 3.16. The van der Waals surface area contributed by atoms with E-state index in [2.05, 4.69) is 9.97 Å². The van der Waals surface area contributed by atoms with Gasteiger partial charge in [0.05, 0.1) is 31.5 Å². The molecular formula is C14H10N4S2. The van der Waals surface area contributed by atoms with E-state index in [4.69, 9.17) is 11.5 Å². The lowest BCUT2D eigenvalue weighted by Gasteiger charge is -2.11. The fourth-order valence-corrected chi connectivity index (χ4v) is 4.10. The molecule has 0 spiro atoms. The second-order valence-corrected chi connectivity index (χ2v) is 6.17. The zero-order valence-corrected chi connectivity index (χ0v) is 12.0. The number of aromatic nitrogens is 2. The highest BCUT2D eigenvalue weighted by molar-refractivity contribution is 7.18. The van der Waals surface area contributed by atoms with Crippen molar-refractivity contribution < 1.29 is 0 Å². The van der Waals surface area contributed by atoms with E-state index in [1.807, 2.05) is 35.3 Å². The lowest BCUT2D eigenvalue weighted by Crippen LogP contribution is -1.95. The first-order chi connectivity index (χ1) is 9.75. The highest BCUT2D eigenvalue weighted by Crippen LogP contribution is 2.43. The van der Waals surface area contributed by atoms with Gasteiger partial charge in [-0.1, -0.05) is 0 Å². The lowest BCUT2D eigenvalue weighted by atomic mass is 10.0. The molecule has 0 unspecified atom stereocenters. The molecule has 4 N–H and O–H groups in total. The molecule has 0 atom stereocenters. The van der Waals surface area contributed by atoms with E-state index in [-0.39, 0.29) is 0 Å². The molecule has 4 aromatic rings. The molecule has 6 heteroatoms. The Morgan fingerprint density at radius 3 is 1.60 bits per heavy atom. The van der Waals surface area contributed by atoms with Crippen molar-refractivity contribution in [2.75, 3.05) is 11.5 Å². The monoisotopic (exact) mass is 298 g/mol. The number of thiazole rings is 2. The van der Waals surface area contributed by atoms with E-state index in [0.717, 1.165) is 31.6 Å². The summed E-state index contributed by atoms with van der Waals surface area (Å²) < 4.78 is 2.13. The molecule has 0 aliphatic rings. The highest BCUT2D eigenvalue weighted by atomic mass is 32.1. The van der Waals surface area contributed by atoms with Crippen LogP contribution in [0.4, 0.5) is 11.4 Å². The van der Waals surface area contributed by atoms with Crippen molar-refractivity contribution in [2.45, 2.75) is 0 Å². The number of hydrogen-bond donors (Lipinski definition) is 2. The number of anilines is 2. The normalized spacial score (nSPS) is 11.4. The van der Waals surface area contributed by atoms with Gasteiger partial charge in [-0.15, -0.1) is 22.7 Å². The number of hydrogen-bond acceptors (Lipinski definition) is 6. The first-order valence-corrected chi connectivity index (χ1v) is 7.75. The molecule has 0 radical (unpaired) electrons. The Kier molecular flexibility index (Phi) is 2.42. The van der Waals surface area contributed by atoms with Crippen LogP contribution >= 0.6 is 22.7 Å². The molecule has 20 heavy (non-hydrogen) atoms. The zero-order chi connectivity index (χ0) is 13.7. The van der Waals surface area contributed by atoms with E-state index in [1.54, 1.807) is 22.7 Å². The molecule has 0 saturated heterocycles. The number of nitrogens with zero attached hydrogens (tertiary/aromatic N) is 2. The number of rotatable bonds is 1. The van der Waals surface area contributed by atoms with E-state index in [1.165, 1.54) is 0 Å². The molecule has 0 amide bonds. The van der Waals surface area contributed by atoms with Crippen LogP contribution in [-0.4, -0.2) is 9.97 Å². The zero-order valence-electron chi connectivity index (χ0n) is 10.3. The van der Waals surface area contributed by atoms with Crippen LogP contribution in [0.5, 0.6) is 0 Å². The number of nitrogen functional groups attached to an aromatic ring is 2. The van der Waals surface area contributed by atoms with Gasteiger partial charge < -0.3 is 11.5 Å². The van der Waals surface area contributed by atoms with Gasteiger partial charge in [0, 0.05) is 22.5 Å². The third-order valence-corrected chi connectivity index (χ3v) is 5.03. The van der Waals surface area contributed by atoms with Gasteiger partial charge in [-0.25, -0.2) is 9.97 Å². The van der Waals surface area contributed by atoms with Crippen LogP contribution in [0, 0.1) is 0 Å². The minimum atomic E-state index is 0.717. The maximum absolute atomic E-state index is 6.21. The van der Waals surface area contributed by atoms with Crippen molar-refractivity contribution >= 4 is 54.5 Å². The summed E-state index contributed by atoms with van der Waals surface area (Å²) in [7, 11) is 0. The molecule has 4 rings (SSSR count). The fraction of sp³-hybridized carbons (Fsp3) is 0. The first kappa shape index (κ1) is 11.6. The summed E-state index contributed by atoms with van der Waals surface area (Å²) in [5.41, 5.74) is 21.4. The van der Waals surface area contributed by atoms with Crippen LogP contribution in [0.2, 0.25) is 0 Å². The van der Waals surface area contributed by atoms with Crippen molar-refractivity contribution in [2.24, 2.45) is 0 Å². The van der Waals surface area contributed by atoms with Crippen LogP contribution in [-0.2, 0) is 0 Å². The molecule has 98 valence electrons. The van der Waals surface area contributed by atoms with E-state index in [9.17, 15) is 0 Å². The molecule has 4 nitrogen and oxygen atoms in total. The summed E-state index contributed by atoms with van der Waals surface area (Å²) in [4.78, 5) is 8.71. The predicted molar refractivity (Wildman–Crippen MR) is 87.1 cm³/mol. The van der Waals surface area contributed by atoms with Crippen LogP contribution in [0.3, 0.4) is 0 Å². The molecule has 0 fully saturated rings. The smallest absolute Gasteiger partial charge is 0.0819 e. The summed E-state index contributed by atoms with van der Waals surface area (Å²) in [5, 5.41) is 0. The average Bonchev–Trinajstić information content (AvgIpc) is 3.08. The van der Waals surface area contributed by atoms with Crippen molar-refractivity contribution in [3.8, 4) is 11.1 Å². The van der Waals surface area contributed by atoms with E-state index < -0.39 is 0 Å². The maximum Gasteiger partial charge on any atom is 0.0819 e. The third-order valence-electron chi connectivity index (χ3n) is 3.31. The summed E-state index contributed by atoms with van der Waals surface area (Å²) in [6, 6.07) is 7.65. The summed E-state index contributed by atoms with van der Waals surface area (Å²) in [5.74, 6) is 0. The van der Waals surface area contributed by atoms with Gasteiger partial charge in [-0.2, -0.15) is 0 Å². The van der Waals surface area contributed by atoms with Crippen molar-refractivity contribution in [3.63, 3.8) is 0 Å². The maximum atomic E-state index is 6.21. The second-order valence-electron chi connectivity index (χ2n) is 4.46.